The van der Waals surface area contributed by atoms with Crippen molar-refractivity contribution >= 4 is 5.84 Å². The molecule has 106 valence electrons. The molecule has 1 unspecified atom stereocenters. The molecule has 0 aliphatic carbocycles. The average molecular weight is 256 g/mol. The molecule has 0 bridgehead atoms. The molecule has 1 rings (SSSR count). The zero-order chi connectivity index (χ0) is 13.6. The molecule has 4 N–H and O–H groups in total. The lowest BCUT2D eigenvalue weighted by molar-refractivity contribution is 0.133. The van der Waals surface area contributed by atoms with Gasteiger partial charge in [-0.15, -0.1) is 0 Å². The van der Waals surface area contributed by atoms with Gasteiger partial charge in [0.25, 0.3) is 0 Å². The van der Waals surface area contributed by atoms with Crippen molar-refractivity contribution in [2.24, 2.45) is 16.3 Å². The predicted molar refractivity (Wildman–Crippen MR) is 74.9 cm³/mol. The molecule has 0 spiro atoms. The number of nitrogens with one attached hydrogen (secondary N) is 1. The summed E-state index contributed by atoms with van der Waals surface area (Å²) in [6.07, 6.45) is 4.07. The Hall–Kier alpha value is -0.810. The largest absolute Gasteiger partial charge is 0.409 e. The Morgan fingerprint density at radius 3 is 2.61 bits per heavy atom. The normalized spacial score (nSPS) is 22.9. The first-order valence-electron chi connectivity index (χ1n) is 6.87. The van der Waals surface area contributed by atoms with Crippen molar-refractivity contribution in [2.45, 2.75) is 45.6 Å². The Kier molecular flexibility index (Phi) is 5.88. The summed E-state index contributed by atoms with van der Waals surface area (Å²) in [6, 6.07) is 0.303. The van der Waals surface area contributed by atoms with Crippen LogP contribution in [0, 0.1) is 5.41 Å². The molecule has 18 heavy (non-hydrogen) atoms. The number of nitrogens with two attached hydrogens (primary N) is 1. The zero-order valence-electron chi connectivity index (χ0n) is 11.9. The van der Waals surface area contributed by atoms with Crippen LogP contribution in [0.25, 0.3) is 0 Å². The summed E-state index contributed by atoms with van der Waals surface area (Å²) in [5.74, 6) is 0.308. The minimum absolute atomic E-state index is 0.303. The van der Waals surface area contributed by atoms with Crippen LogP contribution in [0.5, 0.6) is 0 Å². The van der Waals surface area contributed by atoms with E-state index in [9.17, 15) is 0 Å². The van der Waals surface area contributed by atoms with Gasteiger partial charge in [-0.05, 0) is 44.8 Å². The number of nitrogens with zero attached hydrogens (tertiary/aromatic N) is 2. The molecule has 0 aromatic rings. The van der Waals surface area contributed by atoms with E-state index < -0.39 is 0 Å². The van der Waals surface area contributed by atoms with E-state index in [0.717, 1.165) is 13.0 Å². The molecule has 0 saturated carbocycles. The lowest BCUT2D eigenvalue weighted by Gasteiger charge is -2.39. The van der Waals surface area contributed by atoms with Crippen molar-refractivity contribution in [1.29, 1.82) is 0 Å². The molecule has 5 heteroatoms. The lowest BCUT2D eigenvalue weighted by atomic mass is 9.80. The summed E-state index contributed by atoms with van der Waals surface area (Å²) >= 11 is 0. The molecule has 1 atom stereocenters. The van der Waals surface area contributed by atoms with Gasteiger partial charge >= 0.3 is 0 Å². The second-order valence-corrected chi connectivity index (χ2v) is 5.90. The number of likely N-dealkylation sites (tertiary alicyclic amines) is 1. The number of rotatable bonds is 6. The summed E-state index contributed by atoms with van der Waals surface area (Å²) in [7, 11) is 2.18. The van der Waals surface area contributed by atoms with Crippen LogP contribution in [0.2, 0.25) is 0 Å². The Balaban J connectivity index is 2.37. The van der Waals surface area contributed by atoms with Crippen molar-refractivity contribution in [3.05, 3.63) is 0 Å². The summed E-state index contributed by atoms with van der Waals surface area (Å²) < 4.78 is 0. The maximum absolute atomic E-state index is 8.61. The topological polar surface area (TPSA) is 73.9 Å². The Morgan fingerprint density at radius 2 is 2.11 bits per heavy atom. The molecule has 0 aromatic carbocycles. The van der Waals surface area contributed by atoms with Gasteiger partial charge in [0.15, 0.2) is 0 Å². The summed E-state index contributed by atoms with van der Waals surface area (Å²) in [4.78, 5) is 2.38. The number of amidine groups is 1. The van der Waals surface area contributed by atoms with E-state index in [4.69, 9.17) is 10.9 Å². The molecule has 5 nitrogen and oxygen atoms in total. The zero-order valence-corrected chi connectivity index (χ0v) is 11.9. The third kappa shape index (κ3) is 4.82. The molecule has 1 aliphatic heterocycles. The van der Waals surface area contributed by atoms with Crippen LogP contribution in [0.1, 0.15) is 39.5 Å². The number of hydrogen-bond donors (Lipinski definition) is 3. The minimum atomic E-state index is 0.303. The summed E-state index contributed by atoms with van der Waals surface area (Å²) in [6.45, 7) is 7.84. The standard InChI is InChI=1S/C13H28N4O/c1-4-11(9-12(14)16-18)15-10-13(2)5-7-17(3)8-6-13/h11,15,18H,4-10H2,1-3H3,(H2,14,16). The maximum atomic E-state index is 8.61. The Bertz CT molecular complexity index is 272. The molecule has 1 heterocycles. The summed E-state index contributed by atoms with van der Waals surface area (Å²) in [5, 5.41) is 15.2. The van der Waals surface area contributed by atoms with Gasteiger partial charge in [-0.25, -0.2) is 0 Å². The lowest BCUT2D eigenvalue weighted by Crippen LogP contribution is -2.45. The van der Waals surface area contributed by atoms with E-state index in [1.807, 2.05) is 0 Å². The molecule has 1 saturated heterocycles. The van der Waals surface area contributed by atoms with Gasteiger partial charge in [0.2, 0.25) is 0 Å². The van der Waals surface area contributed by atoms with Crippen molar-refractivity contribution in [2.75, 3.05) is 26.7 Å². The highest BCUT2D eigenvalue weighted by Gasteiger charge is 2.29. The highest BCUT2D eigenvalue weighted by Crippen LogP contribution is 2.29. The van der Waals surface area contributed by atoms with E-state index in [-0.39, 0.29) is 0 Å². The van der Waals surface area contributed by atoms with Crippen molar-refractivity contribution < 1.29 is 5.21 Å². The summed E-state index contributed by atoms with van der Waals surface area (Å²) in [5.41, 5.74) is 5.94. The minimum Gasteiger partial charge on any atom is -0.409 e. The van der Waals surface area contributed by atoms with Crippen molar-refractivity contribution in [3.63, 3.8) is 0 Å². The second-order valence-electron chi connectivity index (χ2n) is 5.90. The van der Waals surface area contributed by atoms with Crippen LogP contribution in [0.3, 0.4) is 0 Å². The van der Waals surface area contributed by atoms with E-state index in [1.54, 1.807) is 0 Å². The first-order valence-corrected chi connectivity index (χ1v) is 6.87. The third-order valence-electron chi connectivity index (χ3n) is 4.09. The smallest absolute Gasteiger partial charge is 0.140 e. The van der Waals surface area contributed by atoms with Crippen LogP contribution in [-0.2, 0) is 0 Å². The highest BCUT2D eigenvalue weighted by atomic mass is 16.4. The van der Waals surface area contributed by atoms with E-state index in [2.05, 4.69) is 36.3 Å². The van der Waals surface area contributed by atoms with Gasteiger partial charge in [-0.2, -0.15) is 0 Å². The molecular formula is C13H28N4O. The molecule has 0 amide bonds. The van der Waals surface area contributed by atoms with E-state index in [1.165, 1.54) is 25.9 Å². The van der Waals surface area contributed by atoms with Gasteiger partial charge in [0.05, 0.1) is 0 Å². The first kappa shape index (κ1) is 15.2. The van der Waals surface area contributed by atoms with Gasteiger partial charge in [-0.1, -0.05) is 19.0 Å². The van der Waals surface area contributed by atoms with Gasteiger partial charge in [0, 0.05) is 19.0 Å². The van der Waals surface area contributed by atoms with Crippen molar-refractivity contribution in [1.82, 2.24) is 10.2 Å². The Morgan fingerprint density at radius 1 is 1.50 bits per heavy atom. The fourth-order valence-electron chi connectivity index (χ4n) is 2.38. The van der Waals surface area contributed by atoms with Crippen molar-refractivity contribution in [3.8, 4) is 0 Å². The average Bonchev–Trinajstić information content (AvgIpc) is 2.38. The molecule has 1 aliphatic rings. The molecule has 0 aromatic heterocycles. The Labute approximate surface area is 110 Å². The monoisotopic (exact) mass is 256 g/mol. The predicted octanol–water partition coefficient (Wildman–Crippen LogP) is 1.22. The number of piperidine rings is 1. The first-order chi connectivity index (χ1) is 8.49. The maximum Gasteiger partial charge on any atom is 0.140 e. The van der Waals surface area contributed by atoms with Crippen LogP contribution in [0.4, 0.5) is 0 Å². The van der Waals surface area contributed by atoms with Crippen LogP contribution in [-0.4, -0.2) is 48.7 Å². The van der Waals surface area contributed by atoms with Crippen LogP contribution in [0.15, 0.2) is 5.16 Å². The fourth-order valence-corrected chi connectivity index (χ4v) is 2.38. The SMILES string of the molecule is CCC(CC(N)=NO)NCC1(C)CCN(C)CC1. The number of hydrogen-bond acceptors (Lipinski definition) is 4. The second kappa shape index (κ2) is 6.95. The molecular weight excluding hydrogens is 228 g/mol. The number of oxime groups is 1. The van der Waals surface area contributed by atoms with Gasteiger partial charge < -0.3 is 21.2 Å². The molecule has 1 fully saturated rings. The van der Waals surface area contributed by atoms with E-state index >= 15 is 0 Å². The van der Waals surface area contributed by atoms with Crippen LogP contribution >= 0.6 is 0 Å². The fraction of sp³-hybridized carbons (Fsp3) is 0.923. The third-order valence-corrected chi connectivity index (χ3v) is 4.09. The molecule has 0 radical (unpaired) electrons. The highest BCUT2D eigenvalue weighted by molar-refractivity contribution is 5.80. The van der Waals surface area contributed by atoms with Crippen LogP contribution < -0.4 is 11.1 Å². The van der Waals surface area contributed by atoms with Gasteiger partial charge in [-0.3, -0.25) is 0 Å². The van der Waals surface area contributed by atoms with E-state index in [0.29, 0.717) is 23.7 Å². The quantitative estimate of drug-likeness (QED) is 0.289. The van der Waals surface area contributed by atoms with Gasteiger partial charge in [0.1, 0.15) is 5.84 Å².